The number of carbonyl (C=O) groups excluding carboxylic acids is 1. The summed E-state index contributed by atoms with van der Waals surface area (Å²) in [6, 6.07) is 6.10. The van der Waals surface area contributed by atoms with Crippen LogP contribution in [0.4, 0.5) is 11.5 Å². The summed E-state index contributed by atoms with van der Waals surface area (Å²) >= 11 is 12.3. The molecule has 0 saturated heterocycles. The molecule has 1 unspecified atom stereocenters. The van der Waals surface area contributed by atoms with Gasteiger partial charge in [-0.2, -0.15) is 10.2 Å². The quantitative estimate of drug-likeness (QED) is 0.495. The van der Waals surface area contributed by atoms with Gasteiger partial charge in [0.05, 0.1) is 11.5 Å². The summed E-state index contributed by atoms with van der Waals surface area (Å²) in [5, 5.41) is 22.5. The first kappa shape index (κ1) is 18.9. The number of aromatic nitrogens is 4. The molecule has 1 N–H and O–H groups in total. The molecular weight excluding hydrogens is 395 g/mol. The normalized spacial score (nSPS) is 12.0. The van der Waals surface area contributed by atoms with Crippen LogP contribution in [0.3, 0.4) is 0 Å². The molecule has 11 heteroatoms. The van der Waals surface area contributed by atoms with Gasteiger partial charge < -0.3 is 5.32 Å². The summed E-state index contributed by atoms with van der Waals surface area (Å²) < 4.78 is 2.81. The molecule has 0 bridgehead atoms. The highest BCUT2D eigenvalue weighted by molar-refractivity contribution is 6.35. The van der Waals surface area contributed by atoms with Crippen LogP contribution in [0, 0.1) is 10.1 Å². The summed E-state index contributed by atoms with van der Waals surface area (Å²) in [7, 11) is 0. The topological polar surface area (TPSA) is 108 Å². The van der Waals surface area contributed by atoms with Crippen LogP contribution >= 0.6 is 23.2 Å². The van der Waals surface area contributed by atoms with Crippen molar-refractivity contribution in [2.75, 3.05) is 5.32 Å². The predicted octanol–water partition coefficient (Wildman–Crippen LogP) is 3.54. The van der Waals surface area contributed by atoms with E-state index in [4.69, 9.17) is 23.2 Å². The number of rotatable bonds is 6. The fourth-order valence-corrected chi connectivity index (χ4v) is 2.86. The van der Waals surface area contributed by atoms with E-state index in [1.165, 1.54) is 10.9 Å². The Morgan fingerprint density at radius 1 is 1.33 bits per heavy atom. The molecule has 0 aliphatic carbocycles. The van der Waals surface area contributed by atoms with Crippen molar-refractivity contribution in [1.29, 1.82) is 0 Å². The van der Waals surface area contributed by atoms with Crippen LogP contribution in [0.1, 0.15) is 18.5 Å². The molecule has 3 rings (SSSR count). The standard InChI is InChI=1S/C16H14Cl2N6O3/c1-10(23-8-11(7-19-23)24(26)27)16(25)20-15-5-6-22(21-15)9-12-13(17)3-2-4-14(12)18/h2-8,10H,9H2,1H3,(H,20,21,25). The van der Waals surface area contributed by atoms with E-state index in [0.717, 1.165) is 11.8 Å². The van der Waals surface area contributed by atoms with Crippen molar-refractivity contribution in [2.45, 2.75) is 19.5 Å². The van der Waals surface area contributed by atoms with Crippen LogP contribution in [0.5, 0.6) is 0 Å². The number of nitrogens with zero attached hydrogens (tertiary/aromatic N) is 5. The molecule has 0 saturated carbocycles. The number of halogens is 2. The van der Waals surface area contributed by atoms with Gasteiger partial charge in [-0.15, -0.1) is 0 Å². The highest BCUT2D eigenvalue weighted by Crippen LogP contribution is 2.25. The minimum Gasteiger partial charge on any atom is -0.307 e. The summed E-state index contributed by atoms with van der Waals surface area (Å²) in [5.74, 6) is -0.0781. The number of nitro groups is 1. The smallest absolute Gasteiger partial charge is 0.307 e. The maximum atomic E-state index is 12.3. The van der Waals surface area contributed by atoms with E-state index < -0.39 is 16.9 Å². The second kappa shape index (κ2) is 7.77. The lowest BCUT2D eigenvalue weighted by molar-refractivity contribution is -0.385. The van der Waals surface area contributed by atoms with Crippen molar-refractivity contribution < 1.29 is 9.72 Å². The molecule has 0 fully saturated rings. The average molecular weight is 409 g/mol. The van der Waals surface area contributed by atoms with Gasteiger partial charge in [-0.1, -0.05) is 29.3 Å². The van der Waals surface area contributed by atoms with E-state index in [-0.39, 0.29) is 5.69 Å². The molecule has 140 valence electrons. The summed E-state index contributed by atoms with van der Waals surface area (Å²) in [6.45, 7) is 1.92. The van der Waals surface area contributed by atoms with E-state index >= 15 is 0 Å². The zero-order valence-electron chi connectivity index (χ0n) is 14.0. The van der Waals surface area contributed by atoms with Crippen LogP contribution < -0.4 is 5.32 Å². The third-order valence-corrected chi connectivity index (χ3v) is 4.56. The molecule has 2 aromatic heterocycles. The van der Waals surface area contributed by atoms with Gasteiger partial charge in [0.2, 0.25) is 5.91 Å². The molecule has 1 atom stereocenters. The Morgan fingerprint density at radius 2 is 2.04 bits per heavy atom. The van der Waals surface area contributed by atoms with Crippen molar-refractivity contribution in [2.24, 2.45) is 0 Å². The van der Waals surface area contributed by atoms with Crippen LogP contribution in [0.2, 0.25) is 10.0 Å². The highest BCUT2D eigenvalue weighted by atomic mass is 35.5. The van der Waals surface area contributed by atoms with Gasteiger partial charge in [0.25, 0.3) is 0 Å². The molecule has 0 aliphatic heterocycles. The maximum Gasteiger partial charge on any atom is 0.307 e. The predicted molar refractivity (Wildman–Crippen MR) is 100 cm³/mol. The molecule has 0 spiro atoms. The fourth-order valence-electron chi connectivity index (χ4n) is 2.35. The van der Waals surface area contributed by atoms with Crippen LogP contribution in [0.25, 0.3) is 0 Å². The molecule has 27 heavy (non-hydrogen) atoms. The average Bonchev–Trinajstić information content (AvgIpc) is 3.27. The third-order valence-electron chi connectivity index (χ3n) is 3.85. The molecule has 9 nitrogen and oxygen atoms in total. The molecule has 0 radical (unpaired) electrons. The first-order valence-electron chi connectivity index (χ1n) is 7.81. The Labute approximate surface area is 163 Å². The Hall–Kier alpha value is -2.91. The minimum absolute atomic E-state index is 0.185. The monoisotopic (exact) mass is 408 g/mol. The second-order valence-electron chi connectivity index (χ2n) is 5.70. The van der Waals surface area contributed by atoms with Crippen molar-refractivity contribution >= 4 is 40.6 Å². The summed E-state index contributed by atoms with van der Waals surface area (Å²) in [4.78, 5) is 22.5. The minimum atomic E-state index is -0.748. The van der Waals surface area contributed by atoms with E-state index in [1.807, 2.05) is 0 Å². The SMILES string of the molecule is CC(C(=O)Nc1ccn(Cc2c(Cl)cccc2Cl)n1)n1cc([N+](=O)[O-])cn1. The summed E-state index contributed by atoms with van der Waals surface area (Å²) in [5.41, 5.74) is 0.537. The van der Waals surface area contributed by atoms with Crippen molar-refractivity contribution in [3.8, 4) is 0 Å². The zero-order chi connectivity index (χ0) is 19.6. The Balaban J connectivity index is 1.67. The highest BCUT2D eigenvalue weighted by Gasteiger charge is 2.20. The molecule has 1 amide bonds. The number of nitrogens with one attached hydrogen (secondary N) is 1. The number of hydrogen-bond donors (Lipinski definition) is 1. The van der Waals surface area contributed by atoms with E-state index in [9.17, 15) is 14.9 Å². The first-order valence-corrected chi connectivity index (χ1v) is 8.56. The lowest BCUT2D eigenvalue weighted by atomic mass is 10.2. The van der Waals surface area contributed by atoms with Crippen LogP contribution in [0.15, 0.2) is 42.9 Å². The van der Waals surface area contributed by atoms with Crippen LogP contribution in [-0.2, 0) is 11.3 Å². The molecular formula is C16H14Cl2N6O3. The molecule has 3 aromatic rings. The van der Waals surface area contributed by atoms with E-state index in [0.29, 0.717) is 22.4 Å². The van der Waals surface area contributed by atoms with Gasteiger partial charge in [0, 0.05) is 27.9 Å². The third kappa shape index (κ3) is 4.26. The summed E-state index contributed by atoms with van der Waals surface area (Å²) in [6.07, 6.45) is 3.97. The van der Waals surface area contributed by atoms with Gasteiger partial charge in [-0.05, 0) is 19.1 Å². The number of carbonyl (C=O) groups is 1. The Bertz CT molecular complexity index is 979. The lowest BCUT2D eigenvalue weighted by Gasteiger charge is -2.11. The van der Waals surface area contributed by atoms with Crippen molar-refractivity contribution in [3.05, 3.63) is 68.6 Å². The number of hydrogen-bond acceptors (Lipinski definition) is 5. The maximum absolute atomic E-state index is 12.3. The lowest BCUT2D eigenvalue weighted by Crippen LogP contribution is -2.24. The number of amides is 1. The largest absolute Gasteiger partial charge is 0.307 e. The molecule has 2 heterocycles. The van der Waals surface area contributed by atoms with Gasteiger partial charge in [0.15, 0.2) is 5.82 Å². The second-order valence-corrected chi connectivity index (χ2v) is 6.51. The van der Waals surface area contributed by atoms with E-state index in [2.05, 4.69) is 15.5 Å². The van der Waals surface area contributed by atoms with E-state index in [1.54, 1.807) is 42.1 Å². The van der Waals surface area contributed by atoms with Gasteiger partial charge in [-0.3, -0.25) is 24.3 Å². The Kier molecular flexibility index (Phi) is 5.43. The first-order chi connectivity index (χ1) is 12.8. The van der Waals surface area contributed by atoms with Gasteiger partial charge >= 0.3 is 5.69 Å². The molecule has 1 aromatic carbocycles. The van der Waals surface area contributed by atoms with Gasteiger partial charge in [-0.25, -0.2) is 0 Å². The zero-order valence-corrected chi connectivity index (χ0v) is 15.6. The fraction of sp³-hybridized carbons (Fsp3) is 0.188. The molecule has 0 aliphatic rings. The van der Waals surface area contributed by atoms with Crippen molar-refractivity contribution in [3.63, 3.8) is 0 Å². The van der Waals surface area contributed by atoms with Crippen LogP contribution in [-0.4, -0.2) is 30.4 Å². The van der Waals surface area contributed by atoms with Gasteiger partial charge in [0.1, 0.15) is 18.4 Å². The number of anilines is 1. The Morgan fingerprint density at radius 3 is 2.67 bits per heavy atom. The number of benzene rings is 1. The van der Waals surface area contributed by atoms with Crippen molar-refractivity contribution in [1.82, 2.24) is 19.6 Å².